The molecule has 1 atom stereocenters. The van der Waals surface area contributed by atoms with E-state index in [0.717, 1.165) is 17.7 Å². The molecule has 1 aliphatic heterocycles. The number of aromatic amines is 1. The van der Waals surface area contributed by atoms with E-state index < -0.39 is 0 Å². The van der Waals surface area contributed by atoms with Crippen LogP contribution in [0.5, 0.6) is 0 Å². The van der Waals surface area contributed by atoms with Gasteiger partial charge in [0.2, 0.25) is 5.91 Å². The van der Waals surface area contributed by atoms with Crippen molar-refractivity contribution in [2.75, 3.05) is 17.7 Å². The summed E-state index contributed by atoms with van der Waals surface area (Å²) in [5.74, 6) is 1.10. The van der Waals surface area contributed by atoms with Gasteiger partial charge in [-0.05, 0) is 12.0 Å². The van der Waals surface area contributed by atoms with Gasteiger partial charge in [-0.1, -0.05) is 49.0 Å². The molecule has 0 spiro atoms. The molecule has 1 aromatic carbocycles. The van der Waals surface area contributed by atoms with E-state index in [1.54, 1.807) is 7.05 Å². The van der Waals surface area contributed by atoms with E-state index in [2.05, 4.69) is 16.9 Å². The van der Waals surface area contributed by atoms with Gasteiger partial charge in [-0.25, -0.2) is 4.98 Å². The minimum Gasteiger partial charge on any atom is -0.301 e. The molecule has 0 saturated carbocycles. The highest BCUT2D eigenvalue weighted by Gasteiger charge is 2.34. The van der Waals surface area contributed by atoms with E-state index in [0.29, 0.717) is 23.0 Å². The van der Waals surface area contributed by atoms with E-state index in [-0.39, 0.29) is 17.4 Å². The van der Waals surface area contributed by atoms with Gasteiger partial charge in [-0.3, -0.25) is 14.5 Å². The fourth-order valence-electron chi connectivity index (χ4n) is 2.79. The molecule has 1 aliphatic rings. The Hall–Kier alpha value is -2.08. The first-order valence-electron chi connectivity index (χ1n) is 7.70. The van der Waals surface area contributed by atoms with Crippen molar-refractivity contribution in [3.8, 4) is 0 Å². The van der Waals surface area contributed by atoms with E-state index in [9.17, 15) is 9.59 Å². The normalized spacial score (nSPS) is 17.2. The molecular formula is C17H19N3O2S. The number of carbonyl (C=O) groups is 1. The van der Waals surface area contributed by atoms with Crippen LogP contribution in [0.4, 0.5) is 5.82 Å². The summed E-state index contributed by atoms with van der Waals surface area (Å²) >= 11 is 1.50. The lowest BCUT2D eigenvalue weighted by atomic mass is 9.86. The molecule has 2 heterocycles. The second-order valence-corrected chi connectivity index (χ2v) is 6.66. The van der Waals surface area contributed by atoms with Crippen molar-refractivity contribution in [3.63, 3.8) is 0 Å². The summed E-state index contributed by atoms with van der Waals surface area (Å²) in [6, 6.07) is 9.67. The Morgan fingerprint density at radius 2 is 2.04 bits per heavy atom. The number of hydrogen-bond acceptors (Lipinski definition) is 4. The third-order valence-electron chi connectivity index (χ3n) is 3.98. The number of H-pyrrole nitrogens is 1. The first-order chi connectivity index (χ1) is 11.1. The Bertz CT molecular complexity index is 773. The van der Waals surface area contributed by atoms with Gasteiger partial charge in [0.05, 0.1) is 5.56 Å². The van der Waals surface area contributed by atoms with Crippen molar-refractivity contribution in [1.82, 2.24) is 9.97 Å². The van der Waals surface area contributed by atoms with Crippen LogP contribution < -0.4 is 10.5 Å². The van der Waals surface area contributed by atoms with Crippen molar-refractivity contribution in [2.24, 2.45) is 0 Å². The van der Waals surface area contributed by atoms with Crippen molar-refractivity contribution < 1.29 is 4.79 Å². The number of nitrogens with zero attached hydrogens (tertiary/aromatic N) is 2. The summed E-state index contributed by atoms with van der Waals surface area (Å²) in [6.45, 7) is 2.07. The molecular weight excluding hydrogens is 310 g/mol. The molecule has 0 saturated heterocycles. The third kappa shape index (κ3) is 3.03. The smallest absolute Gasteiger partial charge is 0.257 e. The number of rotatable bonds is 4. The Balaban J connectivity index is 2.11. The number of thioether (sulfide) groups is 1. The summed E-state index contributed by atoms with van der Waals surface area (Å²) in [7, 11) is 1.68. The quantitative estimate of drug-likeness (QED) is 0.692. The van der Waals surface area contributed by atoms with Gasteiger partial charge in [0.25, 0.3) is 5.56 Å². The predicted octanol–water partition coefficient (Wildman–Crippen LogP) is 2.77. The van der Waals surface area contributed by atoms with Crippen LogP contribution in [0, 0.1) is 0 Å². The number of nitrogens with one attached hydrogen (secondary N) is 1. The predicted molar refractivity (Wildman–Crippen MR) is 92.2 cm³/mol. The Labute approximate surface area is 139 Å². The van der Waals surface area contributed by atoms with Gasteiger partial charge < -0.3 is 4.98 Å². The standard InChI is InChI=1S/C17H19N3O2S/c1-3-9-23-17-18-15-14(16(22)19-17)12(10-13(21)20(15)2)11-7-5-4-6-8-11/h4-8,12H,3,9-10H2,1-2H3,(H,18,19,22). The van der Waals surface area contributed by atoms with Gasteiger partial charge in [-0.15, -0.1) is 0 Å². The Morgan fingerprint density at radius 3 is 2.74 bits per heavy atom. The molecule has 0 bridgehead atoms. The fourth-order valence-corrected chi connectivity index (χ4v) is 3.50. The average Bonchev–Trinajstić information content (AvgIpc) is 2.57. The largest absolute Gasteiger partial charge is 0.301 e. The van der Waals surface area contributed by atoms with Crippen LogP contribution >= 0.6 is 11.8 Å². The molecule has 1 N–H and O–H groups in total. The van der Waals surface area contributed by atoms with Crippen LogP contribution in [0.2, 0.25) is 0 Å². The van der Waals surface area contributed by atoms with Crippen molar-refractivity contribution >= 4 is 23.5 Å². The minimum atomic E-state index is -0.239. The van der Waals surface area contributed by atoms with Crippen molar-refractivity contribution in [3.05, 3.63) is 51.8 Å². The van der Waals surface area contributed by atoms with Gasteiger partial charge in [0, 0.05) is 25.1 Å². The van der Waals surface area contributed by atoms with Gasteiger partial charge in [0.15, 0.2) is 5.16 Å². The first kappa shape index (κ1) is 15.8. The highest BCUT2D eigenvalue weighted by Crippen LogP contribution is 2.36. The number of anilines is 1. The monoisotopic (exact) mass is 329 g/mol. The molecule has 6 heteroatoms. The van der Waals surface area contributed by atoms with Crippen molar-refractivity contribution in [1.29, 1.82) is 0 Å². The highest BCUT2D eigenvalue weighted by atomic mass is 32.2. The molecule has 0 radical (unpaired) electrons. The number of hydrogen-bond donors (Lipinski definition) is 1. The van der Waals surface area contributed by atoms with Gasteiger partial charge >= 0.3 is 0 Å². The van der Waals surface area contributed by atoms with Crippen LogP contribution in [0.15, 0.2) is 40.3 Å². The summed E-state index contributed by atoms with van der Waals surface area (Å²) in [5.41, 5.74) is 1.40. The number of aromatic nitrogens is 2. The molecule has 5 nitrogen and oxygen atoms in total. The first-order valence-corrected chi connectivity index (χ1v) is 8.69. The lowest BCUT2D eigenvalue weighted by molar-refractivity contribution is -0.118. The second-order valence-electron chi connectivity index (χ2n) is 5.58. The Morgan fingerprint density at radius 1 is 1.30 bits per heavy atom. The van der Waals surface area contributed by atoms with Gasteiger partial charge in [-0.2, -0.15) is 0 Å². The van der Waals surface area contributed by atoms with Crippen LogP contribution in [0.1, 0.15) is 36.8 Å². The molecule has 1 unspecified atom stereocenters. The van der Waals surface area contributed by atoms with Crippen LogP contribution in [0.3, 0.4) is 0 Å². The summed E-state index contributed by atoms with van der Waals surface area (Å²) in [4.78, 5) is 33.9. The van der Waals surface area contributed by atoms with E-state index in [1.165, 1.54) is 16.7 Å². The van der Waals surface area contributed by atoms with Crippen LogP contribution in [0.25, 0.3) is 0 Å². The molecule has 1 aromatic heterocycles. The zero-order valence-electron chi connectivity index (χ0n) is 13.2. The molecule has 2 aromatic rings. The summed E-state index contributed by atoms with van der Waals surface area (Å²) < 4.78 is 0. The zero-order chi connectivity index (χ0) is 16.4. The third-order valence-corrected chi connectivity index (χ3v) is 5.06. The van der Waals surface area contributed by atoms with E-state index >= 15 is 0 Å². The fraction of sp³-hybridized carbons (Fsp3) is 0.353. The zero-order valence-corrected chi connectivity index (χ0v) is 14.0. The lowest BCUT2D eigenvalue weighted by Crippen LogP contribution is -2.38. The SMILES string of the molecule is CCCSc1nc2c(c(=O)[nH]1)C(c1ccccc1)CC(=O)N2C. The Kier molecular flexibility index (Phi) is 4.52. The number of benzene rings is 1. The van der Waals surface area contributed by atoms with Crippen molar-refractivity contribution in [2.45, 2.75) is 30.8 Å². The topological polar surface area (TPSA) is 66.1 Å². The van der Waals surface area contributed by atoms with Crippen LogP contribution in [-0.4, -0.2) is 28.7 Å². The summed E-state index contributed by atoms with van der Waals surface area (Å²) in [6.07, 6.45) is 1.28. The summed E-state index contributed by atoms with van der Waals surface area (Å²) in [5, 5.41) is 0.573. The number of carbonyl (C=O) groups excluding carboxylic acids is 1. The van der Waals surface area contributed by atoms with E-state index in [4.69, 9.17) is 0 Å². The average molecular weight is 329 g/mol. The maximum absolute atomic E-state index is 12.6. The maximum atomic E-state index is 12.6. The molecule has 3 rings (SSSR count). The maximum Gasteiger partial charge on any atom is 0.257 e. The minimum absolute atomic E-state index is 0.0177. The van der Waals surface area contributed by atoms with E-state index in [1.807, 2.05) is 30.3 Å². The number of fused-ring (bicyclic) bond motifs is 1. The highest BCUT2D eigenvalue weighted by molar-refractivity contribution is 7.99. The molecule has 0 aliphatic carbocycles. The molecule has 23 heavy (non-hydrogen) atoms. The molecule has 120 valence electrons. The molecule has 1 amide bonds. The lowest BCUT2D eigenvalue weighted by Gasteiger charge is -2.30. The number of amides is 1. The molecule has 0 fully saturated rings. The second kappa shape index (κ2) is 6.58. The van der Waals surface area contributed by atoms with Crippen LogP contribution in [-0.2, 0) is 4.79 Å². The van der Waals surface area contributed by atoms with Gasteiger partial charge in [0.1, 0.15) is 5.82 Å².